The van der Waals surface area contributed by atoms with Gasteiger partial charge in [-0.25, -0.2) is 0 Å². The molecule has 148 valence electrons. The smallest absolute Gasteiger partial charge is 0.0701 e. The van der Waals surface area contributed by atoms with Crippen molar-refractivity contribution in [1.82, 2.24) is 5.32 Å². The molecule has 0 unspecified atom stereocenters. The van der Waals surface area contributed by atoms with Crippen LogP contribution in [0.2, 0.25) is 0 Å². The Hall–Kier alpha value is -0.280. The largest absolute Gasteiger partial charge is 0.379 e. The average Bonchev–Trinajstić information content (AvgIpc) is 2.62. The van der Waals surface area contributed by atoms with E-state index in [1.54, 1.807) is 0 Å². The average molecular weight is 353 g/mol. The van der Waals surface area contributed by atoms with Crippen molar-refractivity contribution < 1.29 is 23.7 Å². The zero-order valence-electron chi connectivity index (χ0n) is 16.0. The van der Waals surface area contributed by atoms with Gasteiger partial charge in [0.25, 0.3) is 0 Å². The van der Waals surface area contributed by atoms with Gasteiger partial charge in [-0.15, -0.1) is 0 Å². The van der Waals surface area contributed by atoms with Gasteiger partial charge in [-0.1, -0.05) is 13.8 Å². The minimum absolute atomic E-state index is 0.576. The Bertz CT molecular complexity index is 180. The number of ether oxygens (including phenoxy) is 5. The summed E-state index contributed by atoms with van der Waals surface area (Å²) in [7, 11) is 1.94. The summed E-state index contributed by atoms with van der Waals surface area (Å²) in [5.41, 5.74) is 5.35. The van der Waals surface area contributed by atoms with E-state index in [-0.39, 0.29) is 0 Å². The maximum absolute atomic E-state index is 5.40. The van der Waals surface area contributed by atoms with Crippen molar-refractivity contribution in [3.8, 4) is 0 Å². The first-order valence-corrected chi connectivity index (χ1v) is 9.15. The standard InChI is InChI=1S/C15H34N2O5.C2H6/c1-17-5-3-7-19-9-11-21-13-15-22-14-12-20-10-8-18-6-2-4-16;1-2/h17H,2-16H2,1H3;1-2H3. The molecule has 24 heavy (non-hydrogen) atoms. The van der Waals surface area contributed by atoms with E-state index in [2.05, 4.69) is 5.32 Å². The number of rotatable bonds is 19. The van der Waals surface area contributed by atoms with Gasteiger partial charge >= 0.3 is 0 Å². The van der Waals surface area contributed by atoms with E-state index in [0.29, 0.717) is 66.0 Å². The molecule has 0 rings (SSSR count). The summed E-state index contributed by atoms with van der Waals surface area (Å²) in [5.74, 6) is 0. The summed E-state index contributed by atoms with van der Waals surface area (Å²) in [4.78, 5) is 0. The predicted octanol–water partition coefficient (Wildman–Crippen LogP) is 1.05. The van der Waals surface area contributed by atoms with Crippen LogP contribution in [0.3, 0.4) is 0 Å². The third-order valence-corrected chi connectivity index (χ3v) is 2.70. The predicted molar refractivity (Wildman–Crippen MR) is 97.7 cm³/mol. The molecule has 0 aliphatic carbocycles. The molecule has 0 radical (unpaired) electrons. The molecule has 0 bridgehead atoms. The Balaban J connectivity index is 0. The van der Waals surface area contributed by atoms with E-state index < -0.39 is 0 Å². The summed E-state index contributed by atoms with van der Waals surface area (Å²) in [6.07, 6.45) is 1.92. The number of nitrogens with one attached hydrogen (secondary N) is 1. The summed E-state index contributed by atoms with van der Waals surface area (Å²) < 4.78 is 26.8. The molecule has 0 aliphatic rings. The molecule has 0 aromatic rings. The van der Waals surface area contributed by atoms with Crippen molar-refractivity contribution in [3.63, 3.8) is 0 Å². The second-order valence-corrected chi connectivity index (χ2v) is 4.66. The van der Waals surface area contributed by atoms with Gasteiger partial charge in [-0.05, 0) is 33.0 Å². The minimum Gasteiger partial charge on any atom is -0.379 e. The summed E-state index contributed by atoms with van der Waals surface area (Å²) in [6, 6.07) is 0. The normalized spacial score (nSPS) is 10.5. The maximum atomic E-state index is 5.40. The van der Waals surface area contributed by atoms with Gasteiger partial charge in [0, 0.05) is 13.2 Å². The van der Waals surface area contributed by atoms with Crippen LogP contribution in [0.4, 0.5) is 0 Å². The Morgan fingerprint density at radius 2 is 0.917 bits per heavy atom. The van der Waals surface area contributed by atoms with E-state index in [1.807, 2.05) is 20.9 Å². The van der Waals surface area contributed by atoms with Gasteiger partial charge in [-0.2, -0.15) is 0 Å². The van der Waals surface area contributed by atoms with Gasteiger partial charge in [0.15, 0.2) is 0 Å². The molecule has 0 aliphatic heterocycles. The molecule has 7 heteroatoms. The van der Waals surface area contributed by atoms with E-state index in [1.165, 1.54) is 0 Å². The van der Waals surface area contributed by atoms with Gasteiger partial charge < -0.3 is 34.7 Å². The molecule has 7 nitrogen and oxygen atoms in total. The minimum atomic E-state index is 0.576. The Morgan fingerprint density at radius 1 is 0.583 bits per heavy atom. The summed E-state index contributed by atoms with van der Waals surface area (Å²) in [6.45, 7) is 11.9. The Labute approximate surface area is 148 Å². The highest BCUT2D eigenvalue weighted by Crippen LogP contribution is 1.85. The fourth-order valence-corrected chi connectivity index (χ4v) is 1.52. The van der Waals surface area contributed by atoms with Crippen molar-refractivity contribution in [2.24, 2.45) is 5.73 Å². The highest BCUT2D eigenvalue weighted by atomic mass is 16.6. The molecular weight excluding hydrogens is 312 g/mol. The number of nitrogens with two attached hydrogens (primary N) is 1. The van der Waals surface area contributed by atoms with Crippen LogP contribution in [0.25, 0.3) is 0 Å². The highest BCUT2D eigenvalue weighted by molar-refractivity contribution is 4.40. The monoisotopic (exact) mass is 352 g/mol. The van der Waals surface area contributed by atoms with E-state index >= 15 is 0 Å². The summed E-state index contributed by atoms with van der Waals surface area (Å²) in [5, 5.41) is 3.07. The van der Waals surface area contributed by atoms with Crippen LogP contribution in [0.1, 0.15) is 26.7 Å². The van der Waals surface area contributed by atoms with Crippen molar-refractivity contribution in [1.29, 1.82) is 0 Å². The van der Waals surface area contributed by atoms with Gasteiger partial charge in [-0.3, -0.25) is 0 Å². The van der Waals surface area contributed by atoms with Crippen LogP contribution in [0.5, 0.6) is 0 Å². The summed E-state index contributed by atoms with van der Waals surface area (Å²) >= 11 is 0. The Morgan fingerprint density at radius 3 is 1.25 bits per heavy atom. The first-order chi connectivity index (χ1) is 11.9. The van der Waals surface area contributed by atoms with Gasteiger partial charge in [0.2, 0.25) is 0 Å². The number of hydrogen-bond donors (Lipinski definition) is 2. The molecular formula is C17H40N2O5. The third-order valence-electron chi connectivity index (χ3n) is 2.70. The van der Waals surface area contributed by atoms with E-state index in [4.69, 9.17) is 29.4 Å². The number of hydrogen-bond acceptors (Lipinski definition) is 7. The molecule has 0 aromatic heterocycles. The van der Waals surface area contributed by atoms with Gasteiger partial charge in [0.1, 0.15) is 0 Å². The van der Waals surface area contributed by atoms with Crippen molar-refractivity contribution in [2.45, 2.75) is 26.7 Å². The van der Waals surface area contributed by atoms with Crippen LogP contribution in [0.15, 0.2) is 0 Å². The second-order valence-electron chi connectivity index (χ2n) is 4.66. The van der Waals surface area contributed by atoms with Crippen molar-refractivity contribution in [3.05, 3.63) is 0 Å². The lowest BCUT2D eigenvalue weighted by Gasteiger charge is -2.07. The molecule has 0 heterocycles. The molecule has 0 atom stereocenters. The molecule has 0 saturated carbocycles. The molecule has 3 N–H and O–H groups in total. The lowest BCUT2D eigenvalue weighted by atomic mass is 10.4. The quantitative estimate of drug-likeness (QED) is 0.336. The molecule has 0 aromatic carbocycles. The maximum Gasteiger partial charge on any atom is 0.0701 e. The van der Waals surface area contributed by atoms with Crippen LogP contribution < -0.4 is 11.1 Å². The van der Waals surface area contributed by atoms with E-state index in [9.17, 15) is 0 Å². The van der Waals surface area contributed by atoms with Crippen molar-refractivity contribution >= 4 is 0 Å². The Kier molecular flexibility index (Phi) is 29.8. The van der Waals surface area contributed by atoms with Gasteiger partial charge in [0.05, 0.1) is 52.9 Å². The lowest BCUT2D eigenvalue weighted by molar-refractivity contribution is -0.0111. The van der Waals surface area contributed by atoms with E-state index in [0.717, 1.165) is 26.0 Å². The SMILES string of the molecule is CC.CNCCCOCCOCCOCCOCCOCCCN. The van der Waals surface area contributed by atoms with Crippen LogP contribution in [-0.4, -0.2) is 86.2 Å². The molecule has 0 fully saturated rings. The van der Waals surface area contributed by atoms with Crippen LogP contribution in [0, 0.1) is 0 Å². The first kappa shape index (κ1) is 26.0. The lowest BCUT2D eigenvalue weighted by Crippen LogP contribution is -2.14. The third kappa shape index (κ3) is 26.6. The molecule has 0 amide bonds. The van der Waals surface area contributed by atoms with Crippen LogP contribution >= 0.6 is 0 Å². The first-order valence-electron chi connectivity index (χ1n) is 9.15. The molecule has 0 saturated heterocycles. The van der Waals surface area contributed by atoms with Crippen molar-refractivity contribution in [2.75, 3.05) is 86.2 Å². The molecule has 0 spiro atoms. The van der Waals surface area contributed by atoms with Crippen LogP contribution in [-0.2, 0) is 23.7 Å². The fourth-order valence-electron chi connectivity index (χ4n) is 1.52. The zero-order valence-corrected chi connectivity index (χ0v) is 16.0. The topological polar surface area (TPSA) is 84.2 Å². The zero-order chi connectivity index (χ0) is 18.1. The fraction of sp³-hybridized carbons (Fsp3) is 1.00. The highest BCUT2D eigenvalue weighted by Gasteiger charge is 1.93. The second kappa shape index (κ2) is 27.6.